The molecule has 2 aromatic heterocycles. The van der Waals surface area contributed by atoms with Gasteiger partial charge < -0.3 is 9.52 Å². The molecule has 20 heavy (non-hydrogen) atoms. The van der Waals surface area contributed by atoms with E-state index in [2.05, 4.69) is 9.98 Å². The molecule has 0 radical (unpaired) electrons. The smallest absolute Gasteiger partial charge is 0.331 e. The van der Waals surface area contributed by atoms with E-state index < -0.39 is 17.1 Å². The minimum absolute atomic E-state index is 0.0111. The summed E-state index contributed by atoms with van der Waals surface area (Å²) in [5, 5.41) is 10.1. The Labute approximate surface area is 113 Å². The average Bonchev–Trinajstić information content (AvgIpc) is 3.09. The van der Waals surface area contributed by atoms with Crippen molar-refractivity contribution in [1.82, 2.24) is 9.55 Å². The summed E-state index contributed by atoms with van der Waals surface area (Å²) in [7, 11) is 0. The third kappa shape index (κ3) is 2.42. The van der Waals surface area contributed by atoms with Gasteiger partial charge in [0.05, 0.1) is 18.8 Å². The summed E-state index contributed by atoms with van der Waals surface area (Å²) in [6, 6.07) is 3.58. The van der Waals surface area contributed by atoms with Crippen molar-refractivity contribution in [1.29, 1.82) is 0 Å². The van der Waals surface area contributed by atoms with E-state index >= 15 is 0 Å². The zero-order valence-electron chi connectivity index (χ0n) is 10.6. The van der Waals surface area contributed by atoms with Crippen molar-refractivity contribution in [2.45, 2.75) is 25.4 Å². The van der Waals surface area contributed by atoms with E-state index in [0.29, 0.717) is 5.76 Å². The zero-order valence-corrected chi connectivity index (χ0v) is 10.6. The molecule has 7 heteroatoms. The third-order valence-corrected chi connectivity index (χ3v) is 3.06. The summed E-state index contributed by atoms with van der Waals surface area (Å²) in [4.78, 5) is 29.8. The van der Waals surface area contributed by atoms with Crippen molar-refractivity contribution < 1.29 is 9.52 Å². The van der Waals surface area contributed by atoms with Gasteiger partial charge in [0.15, 0.2) is 0 Å². The highest BCUT2D eigenvalue weighted by Crippen LogP contribution is 2.23. The van der Waals surface area contributed by atoms with Crippen LogP contribution >= 0.6 is 0 Å². The van der Waals surface area contributed by atoms with Crippen LogP contribution in [-0.2, 0) is 6.54 Å². The number of H-pyrrole nitrogens is 1. The Kier molecular flexibility index (Phi) is 3.02. The molecule has 2 heterocycles. The first-order chi connectivity index (χ1) is 9.65. The first kappa shape index (κ1) is 12.5. The summed E-state index contributed by atoms with van der Waals surface area (Å²) < 4.78 is 6.17. The summed E-state index contributed by atoms with van der Waals surface area (Å²) in [5.41, 5.74) is -1.34. The maximum absolute atomic E-state index is 11.8. The minimum atomic E-state index is -0.688. The Morgan fingerprint density at radius 1 is 1.50 bits per heavy atom. The van der Waals surface area contributed by atoms with Gasteiger partial charge in [0.1, 0.15) is 11.3 Å². The maximum atomic E-state index is 11.8. The second kappa shape index (κ2) is 4.84. The Morgan fingerprint density at radius 3 is 2.95 bits per heavy atom. The van der Waals surface area contributed by atoms with Gasteiger partial charge >= 0.3 is 5.69 Å². The Bertz CT molecular complexity index is 751. The van der Waals surface area contributed by atoms with Gasteiger partial charge in [-0.15, -0.1) is 0 Å². The fraction of sp³-hybridized carbons (Fsp3) is 0.308. The van der Waals surface area contributed by atoms with Crippen LogP contribution in [0.15, 0.2) is 37.4 Å². The monoisotopic (exact) mass is 275 g/mol. The van der Waals surface area contributed by atoms with Crippen molar-refractivity contribution >= 4 is 6.21 Å². The van der Waals surface area contributed by atoms with E-state index in [4.69, 9.17) is 4.42 Å². The number of hydrogen-bond acceptors (Lipinski definition) is 5. The molecule has 1 aliphatic carbocycles. The minimum Gasteiger partial charge on any atom is -0.494 e. The number of nitrogens with zero attached hydrogens (tertiary/aromatic N) is 2. The SMILES string of the molecule is O=c1[nH]c(=O)n(Cc2ccco2)c(O)c1C=NC1CC1. The normalized spacial score (nSPS) is 15.0. The molecule has 0 amide bonds. The second-order valence-electron chi connectivity index (χ2n) is 4.67. The van der Waals surface area contributed by atoms with Crippen molar-refractivity contribution in [3.8, 4) is 5.88 Å². The molecule has 1 aliphatic rings. The number of furan rings is 1. The highest BCUT2D eigenvalue weighted by Gasteiger charge is 2.20. The fourth-order valence-corrected chi connectivity index (χ4v) is 1.80. The average molecular weight is 275 g/mol. The molecule has 2 N–H and O–H groups in total. The van der Waals surface area contributed by atoms with Gasteiger partial charge in [0.2, 0.25) is 5.88 Å². The van der Waals surface area contributed by atoms with Crippen molar-refractivity contribution in [2.75, 3.05) is 0 Å². The van der Waals surface area contributed by atoms with Crippen LogP contribution in [0.25, 0.3) is 0 Å². The van der Waals surface area contributed by atoms with E-state index in [1.807, 2.05) is 0 Å². The number of hydrogen-bond donors (Lipinski definition) is 2. The van der Waals surface area contributed by atoms with Gasteiger partial charge in [0.25, 0.3) is 5.56 Å². The van der Waals surface area contributed by atoms with Gasteiger partial charge in [-0.3, -0.25) is 19.3 Å². The molecule has 3 rings (SSSR count). The van der Waals surface area contributed by atoms with E-state index in [0.717, 1.165) is 17.4 Å². The van der Waals surface area contributed by atoms with Crippen LogP contribution in [0.5, 0.6) is 5.88 Å². The molecule has 7 nitrogen and oxygen atoms in total. The van der Waals surface area contributed by atoms with Crippen LogP contribution in [0.3, 0.4) is 0 Å². The van der Waals surface area contributed by atoms with Crippen LogP contribution in [-0.4, -0.2) is 26.9 Å². The predicted octanol–water partition coefficient (Wildman–Crippen LogP) is 0.465. The van der Waals surface area contributed by atoms with Crippen LogP contribution < -0.4 is 11.2 Å². The Hall–Kier alpha value is -2.57. The van der Waals surface area contributed by atoms with Crippen LogP contribution in [0.1, 0.15) is 24.2 Å². The third-order valence-electron chi connectivity index (χ3n) is 3.06. The first-order valence-electron chi connectivity index (χ1n) is 6.27. The second-order valence-corrected chi connectivity index (χ2v) is 4.67. The molecule has 0 atom stereocenters. The molecular formula is C13H13N3O4. The largest absolute Gasteiger partial charge is 0.494 e. The van der Waals surface area contributed by atoms with E-state index in [9.17, 15) is 14.7 Å². The van der Waals surface area contributed by atoms with Gasteiger partial charge in [-0.2, -0.15) is 0 Å². The summed E-state index contributed by atoms with van der Waals surface area (Å²) in [6.45, 7) is 0.0404. The van der Waals surface area contributed by atoms with Crippen molar-refractivity contribution in [3.05, 3.63) is 50.6 Å². The molecule has 0 saturated heterocycles. The molecule has 1 saturated carbocycles. The molecule has 1 fully saturated rings. The highest BCUT2D eigenvalue weighted by molar-refractivity contribution is 5.82. The van der Waals surface area contributed by atoms with Crippen LogP contribution in [0, 0.1) is 0 Å². The lowest BCUT2D eigenvalue weighted by molar-refractivity contribution is 0.392. The number of rotatable bonds is 4. The quantitative estimate of drug-likeness (QED) is 0.792. The fourth-order valence-electron chi connectivity index (χ4n) is 1.80. The molecule has 0 bridgehead atoms. The number of aliphatic imine (C=N–C) groups is 1. The lowest BCUT2D eigenvalue weighted by Gasteiger charge is -2.07. The van der Waals surface area contributed by atoms with Crippen molar-refractivity contribution in [2.24, 2.45) is 4.99 Å². The topological polar surface area (TPSA) is 101 Å². The van der Waals surface area contributed by atoms with Crippen LogP contribution in [0.2, 0.25) is 0 Å². The standard InChI is InChI=1S/C13H13N3O4/c17-11-10(6-14-8-3-4-8)12(18)16(13(19)15-11)7-9-2-1-5-20-9/h1-2,5-6,8,18H,3-4,7H2,(H,15,17,19). The first-order valence-corrected chi connectivity index (χ1v) is 6.27. The number of aromatic hydroxyl groups is 1. The van der Waals surface area contributed by atoms with Gasteiger partial charge in [-0.1, -0.05) is 0 Å². The van der Waals surface area contributed by atoms with Gasteiger partial charge in [-0.05, 0) is 25.0 Å². The van der Waals surface area contributed by atoms with Gasteiger partial charge in [0, 0.05) is 6.21 Å². The molecule has 0 aliphatic heterocycles. The number of nitrogens with one attached hydrogen (secondary N) is 1. The molecule has 0 aromatic carbocycles. The van der Waals surface area contributed by atoms with E-state index in [1.165, 1.54) is 12.5 Å². The van der Waals surface area contributed by atoms with Crippen molar-refractivity contribution in [3.63, 3.8) is 0 Å². The molecule has 0 unspecified atom stereocenters. The molecule has 104 valence electrons. The van der Waals surface area contributed by atoms with Crippen LogP contribution in [0.4, 0.5) is 0 Å². The maximum Gasteiger partial charge on any atom is 0.331 e. The van der Waals surface area contributed by atoms with E-state index in [-0.39, 0.29) is 18.2 Å². The number of aromatic amines is 1. The molecular weight excluding hydrogens is 262 g/mol. The summed E-state index contributed by atoms with van der Waals surface area (Å²) >= 11 is 0. The summed E-state index contributed by atoms with van der Waals surface area (Å²) in [6.07, 6.45) is 4.77. The predicted molar refractivity (Wildman–Crippen MR) is 71.4 cm³/mol. The lowest BCUT2D eigenvalue weighted by atomic mass is 10.3. The lowest BCUT2D eigenvalue weighted by Crippen LogP contribution is -2.32. The Balaban J connectivity index is 2.02. The highest BCUT2D eigenvalue weighted by atomic mass is 16.3. The molecule has 0 spiro atoms. The van der Waals surface area contributed by atoms with Gasteiger partial charge in [-0.25, -0.2) is 4.79 Å². The Morgan fingerprint density at radius 2 is 2.30 bits per heavy atom. The summed E-state index contributed by atoms with van der Waals surface area (Å²) in [5.74, 6) is 0.0964. The van der Waals surface area contributed by atoms with E-state index in [1.54, 1.807) is 12.1 Å². The molecule has 2 aromatic rings. The number of aromatic nitrogens is 2. The zero-order chi connectivity index (χ0) is 14.1.